The average Bonchev–Trinajstić information content (AvgIpc) is 2.35. The van der Waals surface area contributed by atoms with Crippen LogP contribution in [0, 0.1) is 5.92 Å². The standard InChI is InChI=1S/C12H15NO4/c1-8(2-7-11(15)13-17)12(16)9-3-5-10(14)6-4-9/h2-8,12,14,16-17H,1H3,(H,13,15)/b7-2+/t8-,12-/m1/s1. The van der Waals surface area contributed by atoms with Crippen molar-refractivity contribution in [3.8, 4) is 5.75 Å². The van der Waals surface area contributed by atoms with E-state index in [1.807, 2.05) is 0 Å². The zero-order chi connectivity index (χ0) is 12.8. The van der Waals surface area contributed by atoms with Crippen molar-refractivity contribution in [2.45, 2.75) is 13.0 Å². The number of aliphatic hydroxyl groups excluding tert-OH is 1. The maximum atomic E-state index is 10.8. The van der Waals surface area contributed by atoms with E-state index in [9.17, 15) is 9.90 Å². The molecule has 17 heavy (non-hydrogen) atoms. The molecule has 1 rings (SSSR count). The molecule has 0 aliphatic heterocycles. The predicted octanol–water partition coefficient (Wildman–Crippen LogP) is 1.12. The van der Waals surface area contributed by atoms with E-state index in [0.29, 0.717) is 5.56 Å². The van der Waals surface area contributed by atoms with Gasteiger partial charge in [0.25, 0.3) is 5.91 Å². The minimum absolute atomic E-state index is 0.129. The van der Waals surface area contributed by atoms with Crippen LogP contribution in [0.25, 0.3) is 0 Å². The Morgan fingerprint density at radius 2 is 1.94 bits per heavy atom. The van der Waals surface area contributed by atoms with Gasteiger partial charge in [-0.25, -0.2) is 5.48 Å². The summed E-state index contributed by atoms with van der Waals surface area (Å²) in [5.74, 6) is -0.810. The molecule has 4 N–H and O–H groups in total. The number of benzene rings is 1. The van der Waals surface area contributed by atoms with Crippen LogP contribution in [0.5, 0.6) is 5.75 Å². The van der Waals surface area contributed by atoms with Crippen LogP contribution >= 0.6 is 0 Å². The molecule has 0 aliphatic carbocycles. The first kappa shape index (κ1) is 13.2. The van der Waals surface area contributed by atoms with Crippen molar-refractivity contribution in [3.63, 3.8) is 0 Å². The first-order chi connectivity index (χ1) is 8.04. The fourth-order valence-corrected chi connectivity index (χ4v) is 1.36. The van der Waals surface area contributed by atoms with Gasteiger partial charge in [-0.15, -0.1) is 0 Å². The van der Waals surface area contributed by atoms with Gasteiger partial charge in [-0.2, -0.15) is 0 Å². The molecule has 0 bridgehead atoms. The number of aliphatic hydroxyl groups is 1. The van der Waals surface area contributed by atoms with Crippen LogP contribution in [0.2, 0.25) is 0 Å². The lowest BCUT2D eigenvalue weighted by Crippen LogP contribution is -2.16. The first-order valence-corrected chi connectivity index (χ1v) is 5.14. The Labute approximate surface area is 99.0 Å². The van der Waals surface area contributed by atoms with E-state index in [1.54, 1.807) is 19.1 Å². The van der Waals surface area contributed by atoms with Crippen LogP contribution in [0.4, 0.5) is 0 Å². The summed E-state index contributed by atoms with van der Waals surface area (Å²) in [7, 11) is 0. The second-order valence-electron chi connectivity index (χ2n) is 3.73. The summed E-state index contributed by atoms with van der Waals surface area (Å²) in [5, 5.41) is 27.3. The highest BCUT2D eigenvalue weighted by Gasteiger charge is 2.13. The highest BCUT2D eigenvalue weighted by atomic mass is 16.5. The minimum atomic E-state index is -0.779. The fourth-order valence-electron chi connectivity index (χ4n) is 1.36. The molecule has 0 heterocycles. The van der Waals surface area contributed by atoms with Crippen LogP contribution in [0.3, 0.4) is 0 Å². The van der Waals surface area contributed by atoms with Gasteiger partial charge in [0.1, 0.15) is 5.75 Å². The number of amides is 1. The first-order valence-electron chi connectivity index (χ1n) is 5.14. The zero-order valence-electron chi connectivity index (χ0n) is 9.37. The molecule has 0 spiro atoms. The largest absolute Gasteiger partial charge is 0.508 e. The monoisotopic (exact) mass is 237 g/mol. The number of aromatic hydroxyl groups is 1. The lowest BCUT2D eigenvalue weighted by molar-refractivity contribution is -0.124. The molecule has 0 unspecified atom stereocenters. The van der Waals surface area contributed by atoms with Gasteiger partial charge in [-0.3, -0.25) is 10.0 Å². The Morgan fingerprint density at radius 3 is 2.47 bits per heavy atom. The Kier molecular flexibility index (Phi) is 4.68. The fraction of sp³-hybridized carbons (Fsp3) is 0.250. The molecule has 5 nitrogen and oxygen atoms in total. The number of phenols is 1. The Balaban J connectivity index is 2.69. The van der Waals surface area contributed by atoms with Crippen molar-refractivity contribution in [3.05, 3.63) is 42.0 Å². The van der Waals surface area contributed by atoms with Gasteiger partial charge in [-0.1, -0.05) is 25.1 Å². The highest BCUT2D eigenvalue weighted by molar-refractivity contribution is 5.86. The summed E-state index contributed by atoms with van der Waals surface area (Å²) in [6, 6.07) is 6.18. The maximum absolute atomic E-state index is 10.8. The minimum Gasteiger partial charge on any atom is -0.508 e. The molecule has 1 aromatic rings. The van der Waals surface area contributed by atoms with Gasteiger partial charge in [0.05, 0.1) is 6.10 Å². The number of rotatable bonds is 4. The van der Waals surface area contributed by atoms with Gasteiger partial charge in [0.15, 0.2) is 0 Å². The van der Waals surface area contributed by atoms with Crippen molar-refractivity contribution in [1.82, 2.24) is 5.48 Å². The molecule has 0 aliphatic rings. The van der Waals surface area contributed by atoms with E-state index in [4.69, 9.17) is 10.3 Å². The van der Waals surface area contributed by atoms with E-state index in [1.165, 1.54) is 23.7 Å². The molecule has 2 atom stereocenters. The summed E-state index contributed by atoms with van der Waals surface area (Å²) >= 11 is 0. The van der Waals surface area contributed by atoms with Crippen LogP contribution in [0.15, 0.2) is 36.4 Å². The Bertz CT molecular complexity index is 399. The third-order valence-corrected chi connectivity index (χ3v) is 2.39. The predicted molar refractivity (Wildman–Crippen MR) is 61.3 cm³/mol. The number of nitrogens with one attached hydrogen (secondary N) is 1. The smallest absolute Gasteiger partial charge is 0.267 e. The van der Waals surface area contributed by atoms with Crippen molar-refractivity contribution in [2.75, 3.05) is 0 Å². The van der Waals surface area contributed by atoms with Gasteiger partial charge in [0, 0.05) is 12.0 Å². The lowest BCUT2D eigenvalue weighted by Gasteiger charge is -2.15. The maximum Gasteiger partial charge on any atom is 0.267 e. The molecular weight excluding hydrogens is 222 g/mol. The molecule has 1 amide bonds. The summed E-state index contributed by atoms with van der Waals surface area (Å²) in [6.07, 6.45) is 1.86. The molecule has 1 aromatic carbocycles. The zero-order valence-corrected chi connectivity index (χ0v) is 9.37. The third-order valence-electron chi connectivity index (χ3n) is 2.39. The second kappa shape index (κ2) is 6.03. The van der Waals surface area contributed by atoms with Gasteiger partial charge in [0.2, 0.25) is 0 Å². The Morgan fingerprint density at radius 1 is 1.35 bits per heavy atom. The van der Waals surface area contributed by atoms with Gasteiger partial charge >= 0.3 is 0 Å². The summed E-state index contributed by atoms with van der Waals surface area (Å²) in [6.45, 7) is 1.73. The van der Waals surface area contributed by atoms with E-state index in [0.717, 1.165) is 6.08 Å². The summed E-state index contributed by atoms with van der Waals surface area (Å²) < 4.78 is 0. The Hall–Kier alpha value is -1.85. The third kappa shape index (κ3) is 3.90. The number of hydroxylamine groups is 1. The summed E-state index contributed by atoms with van der Waals surface area (Å²) in [4.78, 5) is 10.8. The van der Waals surface area contributed by atoms with Gasteiger partial charge < -0.3 is 10.2 Å². The van der Waals surface area contributed by atoms with E-state index in [-0.39, 0.29) is 11.7 Å². The SMILES string of the molecule is C[C@H](/C=C/C(=O)NO)[C@@H](O)c1ccc(O)cc1. The number of hydrogen-bond donors (Lipinski definition) is 4. The number of carbonyl (C=O) groups is 1. The second-order valence-corrected chi connectivity index (χ2v) is 3.73. The molecule has 0 saturated heterocycles. The number of carbonyl (C=O) groups excluding carboxylic acids is 1. The van der Waals surface area contributed by atoms with Crippen molar-refractivity contribution in [2.24, 2.45) is 5.92 Å². The van der Waals surface area contributed by atoms with Crippen LogP contribution < -0.4 is 5.48 Å². The van der Waals surface area contributed by atoms with Crippen molar-refractivity contribution in [1.29, 1.82) is 0 Å². The molecule has 0 saturated carbocycles. The van der Waals surface area contributed by atoms with E-state index in [2.05, 4.69) is 0 Å². The van der Waals surface area contributed by atoms with Crippen molar-refractivity contribution < 1.29 is 20.2 Å². The summed E-state index contributed by atoms with van der Waals surface area (Å²) in [5.41, 5.74) is 2.11. The topological polar surface area (TPSA) is 89.8 Å². The van der Waals surface area contributed by atoms with E-state index >= 15 is 0 Å². The molecule has 5 heteroatoms. The molecule has 0 radical (unpaired) electrons. The molecule has 92 valence electrons. The normalized spacial score (nSPS) is 14.5. The highest BCUT2D eigenvalue weighted by Crippen LogP contribution is 2.24. The lowest BCUT2D eigenvalue weighted by atomic mass is 9.97. The average molecular weight is 237 g/mol. The van der Waals surface area contributed by atoms with E-state index < -0.39 is 12.0 Å². The molecule has 0 fully saturated rings. The molecule has 0 aromatic heterocycles. The van der Waals surface area contributed by atoms with Crippen molar-refractivity contribution >= 4 is 5.91 Å². The number of phenolic OH excluding ortho intramolecular Hbond substituents is 1. The number of hydrogen-bond acceptors (Lipinski definition) is 4. The van der Waals surface area contributed by atoms with Crippen LogP contribution in [-0.4, -0.2) is 21.3 Å². The van der Waals surface area contributed by atoms with Gasteiger partial charge in [-0.05, 0) is 17.7 Å². The molecular formula is C12H15NO4. The van der Waals surface area contributed by atoms with Crippen LogP contribution in [0.1, 0.15) is 18.6 Å². The quantitative estimate of drug-likeness (QED) is 0.359. The van der Waals surface area contributed by atoms with Crippen LogP contribution in [-0.2, 0) is 4.79 Å².